The van der Waals surface area contributed by atoms with Gasteiger partial charge in [0.15, 0.2) is 0 Å². The fourth-order valence-corrected chi connectivity index (χ4v) is 3.64. The average Bonchev–Trinajstić information content (AvgIpc) is 3.09. The zero-order valence-electron chi connectivity index (χ0n) is 11.2. The van der Waals surface area contributed by atoms with E-state index in [4.69, 9.17) is 0 Å². The average molecular weight is 273 g/mol. The van der Waals surface area contributed by atoms with Crippen LogP contribution in [0.3, 0.4) is 0 Å². The molecule has 2 aromatic heterocycles. The minimum absolute atomic E-state index is 0.470. The third-order valence-electron chi connectivity index (χ3n) is 3.68. The first-order chi connectivity index (χ1) is 9.40. The first-order valence-corrected chi connectivity index (χ1v) is 7.66. The van der Waals surface area contributed by atoms with Crippen LogP contribution in [0.4, 0.5) is 5.69 Å². The van der Waals surface area contributed by atoms with Crippen molar-refractivity contribution in [3.8, 4) is 0 Å². The van der Waals surface area contributed by atoms with Gasteiger partial charge in [0, 0.05) is 24.0 Å². The van der Waals surface area contributed by atoms with E-state index in [-0.39, 0.29) is 0 Å². The summed E-state index contributed by atoms with van der Waals surface area (Å²) in [6.07, 6.45) is 4.10. The second-order valence-electron chi connectivity index (χ2n) is 4.84. The molecule has 0 saturated heterocycles. The Labute approximate surface area is 118 Å². The van der Waals surface area contributed by atoms with Crippen LogP contribution in [0.5, 0.6) is 0 Å². The van der Waals surface area contributed by atoms with Gasteiger partial charge < -0.3 is 10.2 Å². The molecule has 0 spiro atoms. The highest BCUT2D eigenvalue weighted by molar-refractivity contribution is 7.10. The quantitative estimate of drug-likeness (QED) is 0.908. The molecular weight excluding hydrogens is 254 g/mol. The first kappa shape index (κ1) is 12.6. The van der Waals surface area contributed by atoms with Crippen molar-refractivity contribution < 1.29 is 0 Å². The molecule has 0 unspecified atom stereocenters. The lowest BCUT2D eigenvalue weighted by molar-refractivity contribution is 0.576. The standard InChI is InChI=1S/C15H19N3S/c1-16-9-6-14(15-5-3-11-19-15)18-10-7-12-13(18)4-2-8-17-12/h2-5,8,11,14,16H,6-7,9-10H2,1H3/t14-/m0/s1. The molecule has 0 radical (unpaired) electrons. The maximum atomic E-state index is 4.50. The Kier molecular flexibility index (Phi) is 3.80. The maximum absolute atomic E-state index is 4.50. The van der Waals surface area contributed by atoms with Crippen LogP contribution in [-0.4, -0.2) is 25.1 Å². The summed E-state index contributed by atoms with van der Waals surface area (Å²) in [6.45, 7) is 2.12. The third-order valence-corrected chi connectivity index (χ3v) is 4.65. The van der Waals surface area contributed by atoms with Crippen molar-refractivity contribution in [2.75, 3.05) is 25.0 Å². The van der Waals surface area contributed by atoms with Gasteiger partial charge in [0.25, 0.3) is 0 Å². The van der Waals surface area contributed by atoms with E-state index in [9.17, 15) is 0 Å². The molecule has 1 aliphatic rings. The van der Waals surface area contributed by atoms with E-state index >= 15 is 0 Å². The van der Waals surface area contributed by atoms with Crippen LogP contribution in [0.25, 0.3) is 0 Å². The molecule has 2 aromatic rings. The number of thiophene rings is 1. The molecule has 3 rings (SSSR count). The summed E-state index contributed by atoms with van der Waals surface area (Å²) < 4.78 is 0. The molecule has 19 heavy (non-hydrogen) atoms. The van der Waals surface area contributed by atoms with Crippen LogP contribution in [-0.2, 0) is 6.42 Å². The number of nitrogens with one attached hydrogen (secondary N) is 1. The van der Waals surface area contributed by atoms with Gasteiger partial charge in [0.2, 0.25) is 0 Å². The smallest absolute Gasteiger partial charge is 0.0654 e. The lowest BCUT2D eigenvalue weighted by Crippen LogP contribution is -2.28. The topological polar surface area (TPSA) is 28.2 Å². The van der Waals surface area contributed by atoms with Crippen LogP contribution in [0.15, 0.2) is 35.8 Å². The van der Waals surface area contributed by atoms with Crippen molar-refractivity contribution in [3.63, 3.8) is 0 Å². The molecule has 1 N–H and O–H groups in total. The van der Waals surface area contributed by atoms with Crippen LogP contribution in [0, 0.1) is 0 Å². The summed E-state index contributed by atoms with van der Waals surface area (Å²) in [4.78, 5) is 8.47. The second kappa shape index (κ2) is 5.72. The van der Waals surface area contributed by atoms with Crippen LogP contribution >= 0.6 is 11.3 Å². The van der Waals surface area contributed by atoms with E-state index < -0.39 is 0 Å². The van der Waals surface area contributed by atoms with Crippen molar-refractivity contribution in [3.05, 3.63) is 46.4 Å². The number of anilines is 1. The minimum Gasteiger partial charge on any atom is -0.362 e. The van der Waals surface area contributed by atoms with Crippen molar-refractivity contribution in [1.82, 2.24) is 10.3 Å². The van der Waals surface area contributed by atoms with E-state index in [0.717, 1.165) is 25.9 Å². The van der Waals surface area contributed by atoms with Gasteiger partial charge in [-0.15, -0.1) is 11.3 Å². The SMILES string of the molecule is CNCC[C@@H](c1cccs1)N1CCc2ncccc21. The van der Waals surface area contributed by atoms with Crippen LogP contribution in [0.2, 0.25) is 0 Å². The summed E-state index contributed by atoms with van der Waals surface area (Å²) >= 11 is 1.85. The Hall–Kier alpha value is -1.39. The first-order valence-electron chi connectivity index (χ1n) is 6.78. The molecule has 0 bridgehead atoms. The van der Waals surface area contributed by atoms with Gasteiger partial charge in [-0.2, -0.15) is 0 Å². The molecule has 0 fully saturated rings. The zero-order valence-corrected chi connectivity index (χ0v) is 12.0. The van der Waals surface area contributed by atoms with Crippen LogP contribution < -0.4 is 10.2 Å². The minimum atomic E-state index is 0.470. The highest BCUT2D eigenvalue weighted by Gasteiger charge is 2.27. The number of nitrogens with zero attached hydrogens (tertiary/aromatic N) is 2. The van der Waals surface area contributed by atoms with E-state index in [2.05, 4.69) is 38.8 Å². The number of fused-ring (bicyclic) bond motifs is 1. The van der Waals surface area contributed by atoms with Gasteiger partial charge in [-0.1, -0.05) is 6.07 Å². The molecular formula is C15H19N3S. The summed E-state index contributed by atoms with van der Waals surface area (Å²) in [6, 6.07) is 9.11. The normalized spacial score (nSPS) is 15.5. The van der Waals surface area contributed by atoms with Gasteiger partial charge in [0.1, 0.15) is 0 Å². The molecule has 4 heteroatoms. The van der Waals surface area contributed by atoms with Gasteiger partial charge in [-0.3, -0.25) is 4.98 Å². The fraction of sp³-hybridized carbons (Fsp3) is 0.400. The molecule has 0 amide bonds. The van der Waals surface area contributed by atoms with Gasteiger partial charge in [-0.05, 0) is 43.6 Å². The number of rotatable bonds is 5. The maximum Gasteiger partial charge on any atom is 0.0654 e. The molecule has 0 aromatic carbocycles. The number of hydrogen-bond donors (Lipinski definition) is 1. The summed E-state index contributed by atoms with van der Waals surface area (Å²) in [5, 5.41) is 5.44. The highest BCUT2D eigenvalue weighted by Crippen LogP contribution is 2.37. The Balaban J connectivity index is 1.89. The van der Waals surface area contributed by atoms with E-state index in [1.807, 2.05) is 30.6 Å². The summed E-state index contributed by atoms with van der Waals surface area (Å²) in [5.41, 5.74) is 2.56. The Morgan fingerprint density at radius 1 is 1.42 bits per heavy atom. The summed E-state index contributed by atoms with van der Waals surface area (Å²) in [5.74, 6) is 0. The van der Waals surface area contributed by atoms with Crippen LogP contribution in [0.1, 0.15) is 23.0 Å². The lowest BCUT2D eigenvalue weighted by atomic mass is 10.1. The zero-order chi connectivity index (χ0) is 13.1. The lowest BCUT2D eigenvalue weighted by Gasteiger charge is -2.29. The van der Waals surface area contributed by atoms with E-state index in [1.54, 1.807) is 0 Å². The second-order valence-corrected chi connectivity index (χ2v) is 5.82. The van der Waals surface area contributed by atoms with E-state index in [1.165, 1.54) is 16.3 Å². The van der Waals surface area contributed by atoms with Crippen molar-refractivity contribution in [1.29, 1.82) is 0 Å². The van der Waals surface area contributed by atoms with Gasteiger partial charge in [-0.25, -0.2) is 0 Å². The van der Waals surface area contributed by atoms with Gasteiger partial charge >= 0.3 is 0 Å². The Morgan fingerprint density at radius 2 is 2.37 bits per heavy atom. The fourth-order valence-electron chi connectivity index (χ4n) is 2.77. The molecule has 3 heterocycles. The van der Waals surface area contributed by atoms with E-state index in [0.29, 0.717) is 6.04 Å². The third kappa shape index (κ3) is 2.51. The largest absolute Gasteiger partial charge is 0.362 e. The summed E-state index contributed by atoms with van der Waals surface area (Å²) in [7, 11) is 2.02. The molecule has 3 nitrogen and oxygen atoms in total. The van der Waals surface area contributed by atoms with Crippen molar-refractivity contribution >= 4 is 17.0 Å². The number of hydrogen-bond acceptors (Lipinski definition) is 4. The van der Waals surface area contributed by atoms with Crippen molar-refractivity contribution in [2.24, 2.45) is 0 Å². The molecule has 0 saturated carbocycles. The number of aromatic nitrogens is 1. The molecule has 0 aliphatic carbocycles. The van der Waals surface area contributed by atoms with Crippen molar-refractivity contribution in [2.45, 2.75) is 18.9 Å². The monoisotopic (exact) mass is 273 g/mol. The van der Waals surface area contributed by atoms with Gasteiger partial charge in [0.05, 0.1) is 17.4 Å². The predicted molar refractivity (Wildman–Crippen MR) is 80.9 cm³/mol. The Morgan fingerprint density at radius 3 is 3.16 bits per heavy atom. The predicted octanol–water partition coefficient (Wildman–Crippen LogP) is 2.86. The molecule has 1 aliphatic heterocycles. The number of pyridine rings is 1. The highest BCUT2D eigenvalue weighted by atomic mass is 32.1. The Bertz CT molecular complexity index is 524. The molecule has 100 valence electrons. The molecule has 1 atom stereocenters.